The van der Waals surface area contributed by atoms with E-state index in [0.29, 0.717) is 12.6 Å². The van der Waals surface area contributed by atoms with Gasteiger partial charge in [0, 0.05) is 18.0 Å². The van der Waals surface area contributed by atoms with Crippen LogP contribution < -0.4 is 5.32 Å². The van der Waals surface area contributed by atoms with Gasteiger partial charge < -0.3 is 15.5 Å². The molecule has 3 N–H and O–H groups in total. The summed E-state index contributed by atoms with van der Waals surface area (Å²) < 4.78 is 0. The fraction of sp³-hybridized carbons (Fsp3) is 1.00. The minimum absolute atomic E-state index is 0.0367. The molecule has 0 amide bonds. The lowest BCUT2D eigenvalue weighted by molar-refractivity contribution is -0.0831. The number of rotatable bonds is 3. The highest BCUT2D eigenvalue weighted by Crippen LogP contribution is 2.40. The molecule has 0 aromatic rings. The van der Waals surface area contributed by atoms with Gasteiger partial charge in [-0.1, -0.05) is 33.1 Å². The summed E-state index contributed by atoms with van der Waals surface area (Å²) in [6.07, 6.45) is 6.04. The van der Waals surface area contributed by atoms with Crippen LogP contribution in [0.3, 0.4) is 0 Å². The molecule has 2 aliphatic rings. The van der Waals surface area contributed by atoms with Crippen molar-refractivity contribution in [2.75, 3.05) is 6.54 Å². The summed E-state index contributed by atoms with van der Waals surface area (Å²) in [7, 11) is 0. The molecule has 0 aliphatic heterocycles. The molecule has 2 saturated carbocycles. The van der Waals surface area contributed by atoms with E-state index in [0.717, 1.165) is 32.1 Å². The van der Waals surface area contributed by atoms with Crippen molar-refractivity contribution in [3.63, 3.8) is 0 Å². The molecule has 0 aromatic carbocycles. The van der Waals surface area contributed by atoms with Crippen LogP contribution in [0.5, 0.6) is 0 Å². The Labute approximate surface area is 98.2 Å². The highest BCUT2D eigenvalue weighted by atomic mass is 16.3. The second kappa shape index (κ2) is 4.28. The molecule has 2 aliphatic carbocycles. The minimum Gasteiger partial charge on any atom is -0.392 e. The Kier molecular flexibility index (Phi) is 3.30. The fourth-order valence-corrected chi connectivity index (χ4v) is 2.95. The average Bonchev–Trinajstić information content (AvgIpc) is 2.25. The minimum atomic E-state index is -0.491. The molecular formula is C13H25NO2. The van der Waals surface area contributed by atoms with E-state index in [1.807, 2.05) is 0 Å². The van der Waals surface area contributed by atoms with Gasteiger partial charge in [0.15, 0.2) is 0 Å². The number of hydrogen-bond acceptors (Lipinski definition) is 3. The Morgan fingerprint density at radius 2 is 1.81 bits per heavy atom. The molecule has 0 saturated heterocycles. The lowest BCUT2D eigenvalue weighted by Crippen LogP contribution is -2.62. The summed E-state index contributed by atoms with van der Waals surface area (Å²) in [6, 6.07) is 0.355. The molecule has 2 fully saturated rings. The van der Waals surface area contributed by atoms with Crippen molar-refractivity contribution >= 4 is 0 Å². The summed E-state index contributed by atoms with van der Waals surface area (Å²) in [6.45, 7) is 4.86. The molecule has 2 rings (SSSR count). The summed E-state index contributed by atoms with van der Waals surface area (Å²) >= 11 is 0. The summed E-state index contributed by atoms with van der Waals surface area (Å²) in [4.78, 5) is 0. The van der Waals surface area contributed by atoms with Gasteiger partial charge in [0.2, 0.25) is 0 Å². The van der Waals surface area contributed by atoms with Gasteiger partial charge in [-0.3, -0.25) is 0 Å². The van der Waals surface area contributed by atoms with Crippen LogP contribution in [0.4, 0.5) is 0 Å². The largest absolute Gasteiger partial charge is 0.392 e. The van der Waals surface area contributed by atoms with E-state index in [9.17, 15) is 10.2 Å². The topological polar surface area (TPSA) is 52.5 Å². The SMILES string of the molecule is CC1(C)C(O)CC1NCC1(O)CCCCC1. The average molecular weight is 227 g/mol. The van der Waals surface area contributed by atoms with Crippen molar-refractivity contribution in [1.82, 2.24) is 5.32 Å². The third-order valence-corrected chi connectivity index (χ3v) is 4.68. The first-order valence-corrected chi connectivity index (χ1v) is 6.58. The van der Waals surface area contributed by atoms with Crippen LogP contribution >= 0.6 is 0 Å². The van der Waals surface area contributed by atoms with Crippen LogP contribution in [0.2, 0.25) is 0 Å². The second-order valence-corrected chi connectivity index (χ2v) is 6.29. The van der Waals surface area contributed by atoms with Gasteiger partial charge in [-0.25, -0.2) is 0 Å². The first-order chi connectivity index (χ1) is 7.44. The van der Waals surface area contributed by atoms with E-state index in [1.165, 1.54) is 6.42 Å². The summed E-state index contributed by atoms with van der Waals surface area (Å²) in [5, 5.41) is 23.4. The normalized spacial score (nSPS) is 36.8. The molecule has 3 nitrogen and oxygen atoms in total. The van der Waals surface area contributed by atoms with Gasteiger partial charge in [-0.15, -0.1) is 0 Å². The monoisotopic (exact) mass is 227 g/mol. The first kappa shape index (κ1) is 12.3. The molecule has 94 valence electrons. The molecular weight excluding hydrogens is 202 g/mol. The molecule has 3 heteroatoms. The van der Waals surface area contributed by atoms with Crippen LogP contribution in [0.1, 0.15) is 52.4 Å². The number of aliphatic hydroxyl groups excluding tert-OH is 1. The van der Waals surface area contributed by atoms with Gasteiger partial charge in [-0.05, 0) is 19.3 Å². The van der Waals surface area contributed by atoms with E-state index >= 15 is 0 Å². The van der Waals surface area contributed by atoms with Crippen LogP contribution in [-0.2, 0) is 0 Å². The molecule has 0 spiro atoms. The third kappa shape index (κ3) is 2.27. The molecule has 0 bridgehead atoms. The number of nitrogens with one attached hydrogen (secondary N) is 1. The van der Waals surface area contributed by atoms with Crippen LogP contribution in [0, 0.1) is 5.41 Å². The predicted octanol–water partition coefficient (Wildman–Crippen LogP) is 1.43. The zero-order valence-electron chi connectivity index (χ0n) is 10.5. The van der Waals surface area contributed by atoms with Crippen LogP contribution in [0.15, 0.2) is 0 Å². The van der Waals surface area contributed by atoms with Crippen molar-refractivity contribution in [3.05, 3.63) is 0 Å². The highest BCUT2D eigenvalue weighted by Gasteiger charge is 2.47. The zero-order chi connectivity index (χ0) is 11.8. The standard InChI is InChI=1S/C13H25NO2/c1-12(2)10(8-11(12)15)14-9-13(16)6-4-3-5-7-13/h10-11,14-16H,3-9H2,1-2H3. The smallest absolute Gasteiger partial charge is 0.0771 e. The van der Waals surface area contributed by atoms with Gasteiger partial charge in [0.25, 0.3) is 0 Å². The number of aliphatic hydroxyl groups is 2. The molecule has 2 unspecified atom stereocenters. The first-order valence-electron chi connectivity index (χ1n) is 6.58. The Hall–Kier alpha value is -0.120. The highest BCUT2D eigenvalue weighted by molar-refractivity contribution is 5.02. The molecule has 16 heavy (non-hydrogen) atoms. The van der Waals surface area contributed by atoms with Crippen LogP contribution in [0.25, 0.3) is 0 Å². The van der Waals surface area contributed by atoms with Crippen molar-refractivity contribution in [2.24, 2.45) is 5.41 Å². The second-order valence-electron chi connectivity index (χ2n) is 6.29. The maximum absolute atomic E-state index is 10.4. The molecule has 0 heterocycles. The third-order valence-electron chi connectivity index (χ3n) is 4.68. The summed E-state index contributed by atoms with van der Waals surface area (Å²) in [5.41, 5.74) is -0.528. The maximum Gasteiger partial charge on any atom is 0.0771 e. The van der Waals surface area contributed by atoms with Crippen molar-refractivity contribution < 1.29 is 10.2 Å². The van der Waals surface area contributed by atoms with E-state index in [-0.39, 0.29) is 11.5 Å². The molecule has 2 atom stereocenters. The Morgan fingerprint density at radius 3 is 2.31 bits per heavy atom. The number of hydrogen-bond donors (Lipinski definition) is 3. The lowest BCUT2D eigenvalue weighted by Gasteiger charge is -2.50. The van der Waals surface area contributed by atoms with E-state index in [2.05, 4.69) is 19.2 Å². The quantitative estimate of drug-likeness (QED) is 0.683. The van der Waals surface area contributed by atoms with E-state index in [1.54, 1.807) is 0 Å². The Morgan fingerprint density at radius 1 is 1.19 bits per heavy atom. The van der Waals surface area contributed by atoms with E-state index in [4.69, 9.17) is 0 Å². The van der Waals surface area contributed by atoms with E-state index < -0.39 is 5.60 Å². The van der Waals surface area contributed by atoms with Gasteiger partial charge in [0.1, 0.15) is 0 Å². The van der Waals surface area contributed by atoms with Gasteiger partial charge >= 0.3 is 0 Å². The van der Waals surface area contributed by atoms with Gasteiger partial charge in [0.05, 0.1) is 11.7 Å². The van der Waals surface area contributed by atoms with Crippen molar-refractivity contribution in [1.29, 1.82) is 0 Å². The Balaban J connectivity index is 1.79. The van der Waals surface area contributed by atoms with Crippen LogP contribution in [-0.4, -0.2) is 34.5 Å². The Bertz CT molecular complexity index is 246. The lowest BCUT2D eigenvalue weighted by atomic mass is 9.64. The van der Waals surface area contributed by atoms with Gasteiger partial charge in [-0.2, -0.15) is 0 Å². The van der Waals surface area contributed by atoms with Crippen molar-refractivity contribution in [2.45, 2.75) is 70.1 Å². The molecule has 0 aromatic heterocycles. The summed E-state index contributed by atoms with van der Waals surface area (Å²) in [5.74, 6) is 0. The predicted molar refractivity (Wildman–Crippen MR) is 64.2 cm³/mol. The fourth-order valence-electron chi connectivity index (χ4n) is 2.95. The maximum atomic E-state index is 10.4. The zero-order valence-corrected chi connectivity index (χ0v) is 10.5. The van der Waals surface area contributed by atoms with Crippen molar-refractivity contribution in [3.8, 4) is 0 Å². The molecule has 0 radical (unpaired) electrons.